The van der Waals surface area contributed by atoms with Crippen LogP contribution in [0, 0.1) is 11.3 Å². The van der Waals surface area contributed by atoms with Crippen molar-refractivity contribution in [1.82, 2.24) is 0 Å². The van der Waals surface area contributed by atoms with E-state index in [-0.39, 0.29) is 6.10 Å². The molecule has 1 aromatic rings. The summed E-state index contributed by atoms with van der Waals surface area (Å²) in [6.45, 7) is 5.83. The highest BCUT2D eigenvalue weighted by Gasteiger charge is 2.31. The summed E-state index contributed by atoms with van der Waals surface area (Å²) >= 11 is 0. The van der Waals surface area contributed by atoms with Crippen molar-refractivity contribution in [2.24, 2.45) is 11.3 Å². The number of benzene rings is 1. The second-order valence-corrected chi connectivity index (χ2v) is 6.85. The lowest BCUT2D eigenvalue weighted by atomic mass is 9.71. The minimum absolute atomic E-state index is 0.366. The van der Waals surface area contributed by atoms with E-state index in [1.54, 1.807) is 0 Å². The van der Waals surface area contributed by atoms with E-state index >= 15 is 0 Å². The Morgan fingerprint density at radius 1 is 1.10 bits per heavy atom. The van der Waals surface area contributed by atoms with Gasteiger partial charge in [-0.25, -0.2) is 0 Å². The van der Waals surface area contributed by atoms with E-state index in [1.807, 2.05) is 18.2 Å². The van der Waals surface area contributed by atoms with Crippen molar-refractivity contribution in [3.63, 3.8) is 0 Å². The van der Waals surface area contributed by atoms with Crippen LogP contribution in [0.1, 0.15) is 51.2 Å². The zero-order valence-corrected chi connectivity index (χ0v) is 12.4. The molecule has 1 N–H and O–H groups in total. The van der Waals surface area contributed by atoms with Gasteiger partial charge in [0.25, 0.3) is 0 Å². The number of hydrogen-bond donors (Lipinski definition) is 1. The van der Waals surface area contributed by atoms with Crippen molar-refractivity contribution in [1.29, 1.82) is 0 Å². The third-order valence-electron chi connectivity index (χ3n) is 4.74. The Labute approximate surface area is 120 Å². The van der Waals surface area contributed by atoms with Gasteiger partial charge < -0.3 is 14.6 Å². The highest BCUT2D eigenvalue weighted by Crippen LogP contribution is 2.43. The van der Waals surface area contributed by atoms with E-state index in [1.165, 1.54) is 12.8 Å². The van der Waals surface area contributed by atoms with Gasteiger partial charge in [-0.3, -0.25) is 0 Å². The van der Waals surface area contributed by atoms with Crippen molar-refractivity contribution >= 4 is 0 Å². The maximum atomic E-state index is 10.6. The Morgan fingerprint density at radius 2 is 1.75 bits per heavy atom. The molecule has 2 aliphatic rings. The van der Waals surface area contributed by atoms with Crippen LogP contribution in [0.25, 0.3) is 0 Å². The highest BCUT2D eigenvalue weighted by molar-refractivity contribution is 5.44. The minimum Gasteiger partial charge on any atom is -0.486 e. The number of aliphatic hydroxyl groups excluding tert-OH is 1. The molecule has 0 spiro atoms. The van der Waals surface area contributed by atoms with Gasteiger partial charge in [-0.05, 0) is 54.7 Å². The van der Waals surface area contributed by atoms with Crippen LogP contribution in [0.3, 0.4) is 0 Å². The molecule has 1 heterocycles. The molecule has 1 saturated carbocycles. The maximum absolute atomic E-state index is 10.6. The summed E-state index contributed by atoms with van der Waals surface area (Å²) in [4.78, 5) is 0. The fourth-order valence-corrected chi connectivity index (χ4v) is 3.25. The summed E-state index contributed by atoms with van der Waals surface area (Å²) in [5.74, 6) is 1.92. The van der Waals surface area contributed by atoms with Crippen molar-refractivity contribution < 1.29 is 14.6 Å². The third-order valence-corrected chi connectivity index (χ3v) is 4.74. The SMILES string of the molecule is CC1(C)CCC(C(O)c2ccc3c(c2)OCCO3)CC1. The summed E-state index contributed by atoms with van der Waals surface area (Å²) in [7, 11) is 0. The molecule has 20 heavy (non-hydrogen) atoms. The van der Waals surface area contributed by atoms with Gasteiger partial charge in [0, 0.05) is 0 Å². The molecular formula is C17H24O3. The summed E-state index contributed by atoms with van der Waals surface area (Å²) in [5, 5.41) is 10.6. The van der Waals surface area contributed by atoms with Crippen LogP contribution in [-0.2, 0) is 0 Å². The molecule has 0 aromatic heterocycles. The Hall–Kier alpha value is -1.22. The summed E-state index contributed by atoms with van der Waals surface area (Å²) in [5.41, 5.74) is 1.39. The molecule has 3 heteroatoms. The number of hydrogen-bond acceptors (Lipinski definition) is 3. The smallest absolute Gasteiger partial charge is 0.161 e. The highest BCUT2D eigenvalue weighted by atomic mass is 16.6. The molecule has 0 saturated heterocycles. The van der Waals surface area contributed by atoms with Crippen LogP contribution in [0.5, 0.6) is 11.5 Å². The van der Waals surface area contributed by atoms with Gasteiger partial charge in [-0.15, -0.1) is 0 Å². The second-order valence-electron chi connectivity index (χ2n) is 6.85. The van der Waals surface area contributed by atoms with E-state index in [2.05, 4.69) is 13.8 Å². The summed E-state index contributed by atoms with van der Waals surface area (Å²) < 4.78 is 11.1. The first-order chi connectivity index (χ1) is 9.55. The van der Waals surface area contributed by atoms with Gasteiger partial charge in [0.2, 0.25) is 0 Å². The van der Waals surface area contributed by atoms with Gasteiger partial charge in [-0.1, -0.05) is 19.9 Å². The average molecular weight is 276 g/mol. The monoisotopic (exact) mass is 276 g/mol. The average Bonchev–Trinajstić information content (AvgIpc) is 2.46. The maximum Gasteiger partial charge on any atom is 0.161 e. The Bertz CT molecular complexity index is 471. The molecular weight excluding hydrogens is 252 g/mol. The molecule has 3 rings (SSSR count). The lowest BCUT2D eigenvalue weighted by Crippen LogP contribution is -2.25. The number of aliphatic hydroxyl groups is 1. The Balaban J connectivity index is 1.72. The molecule has 1 atom stereocenters. The summed E-state index contributed by atoms with van der Waals surface area (Å²) in [6.07, 6.45) is 4.20. The van der Waals surface area contributed by atoms with Crippen molar-refractivity contribution in [2.45, 2.75) is 45.6 Å². The molecule has 1 unspecified atom stereocenters. The Kier molecular flexibility index (Phi) is 3.63. The van der Waals surface area contributed by atoms with Crippen LogP contribution in [-0.4, -0.2) is 18.3 Å². The molecule has 1 aliphatic carbocycles. The van der Waals surface area contributed by atoms with Gasteiger partial charge in [-0.2, -0.15) is 0 Å². The zero-order chi connectivity index (χ0) is 14.2. The topological polar surface area (TPSA) is 38.7 Å². The van der Waals surface area contributed by atoms with Gasteiger partial charge in [0.15, 0.2) is 11.5 Å². The number of rotatable bonds is 2. The van der Waals surface area contributed by atoms with Crippen LogP contribution >= 0.6 is 0 Å². The van der Waals surface area contributed by atoms with Gasteiger partial charge in [0.1, 0.15) is 13.2 Å². The molecule has 0 bridgehead atoms. The lowest BCUT2D eigenvalue weighted by Gasteiger charge is -2.36. The lowest BCUT2D eigenvalue weighted by molar-refractivity contribution is 0.0562. The van der Waals surface area contributed by atoms with Gasteiger partial charge >= 0.3 is 0 Å². The fraction of sp³-hybridized carbons (Fsp3) is 0.647. The van der Waals surface area contributed by atoms with Crippen molar-refractivity contribution in [3.8, 4) is 11.5 Å². The third kappa shape index (κ3) is 2.78. The van der Waals surface area contributed by atoms with Crippen LogP contribution in [0.4, 0.5) is 0 Å². The number of ether oxygens (including phenoxy) is 2. The quantitative estimate of drug-likeness (QED) is 0.895. The summed E-state index contributed by atoms with van der Waals surface area (Å²) in [6, 6.07) is 5.83. The number of fused-ring (bicyclic) bond motifs is 1. The predicted octanol–water partition coefficient (Wildman–Crippen LogP) is 3.71. The van der Waals surface area contributed by atoms with Crippen LogP contribution in [0.15, 0.2) is 18.2 Å². The molecule has 110 valence electrons. The van der Waals surface area contributed by atoms with E-state index in [4.69, 9.17) is 9.47 Å². The predicted molar refractivity (Wildman–Crippen MR) is 78.1 cm³/mol. The molecule has 1 fully saturated rings. The first-order valence-electron chi connectivity index (χ1n) is 7.63. The second kappa shape index (κ2) is 5.28. The molecule has 0 radical (unpaired) electrons. The minimum atomic E-state index is -0.387. The normalized spacial score (nSPS) is 23.4. The molecule has 0 amide bonds. The van der Waals surface area contributed by atoms with E-state index in [0.29, 0.717) is 24.5 Å². The van der Waals surface area contributed by atoms with E-state index in [9.17, 15) is 5.11 Å². The fourth-order valence-electron chi connectivity index (χ4n) is 3.25. The van der Waals surface area contributed by atoms with Crippen LogP contribution < -0.4 is 9.47 Å². The van der Waals surface area contributed by atoms with Crippen LogP contribution in [0.2, 0.25) is 0 Å². The molecule has 3 nitrogen and oxygen atoms in total. The molecule has 1 aliphatic heterocycles. The van der Waals surface area contributed by atoms with Crippen molar-refractivity contribution in [2.75, 3.05) is 13.2 Å². The molecule has 1 aromatic carbocycles. The van der Waals surface area contributed by atoms with Gasteiger partial charge in [0.05, 0.1) is 6.10 Å². The van der Waals surface area contributed by atoms with Crippen molar-refractivity contribution in [3.05, 3.63) is 23.8 Å². The van der Waals surface area contributed by atoms with E-state index in [0.717, 1.165) is 29.9 Å². The largest absolute Gasteiger partial charge is 0.486 e. The standard InChI is InChI=1S/C17H24O3/c1-17(2)7-5-12(6-8-17)16(18)13-3-4-14-15(11-13)20-10-9-19-14/h3-4,11-12,16,18H,5-10H2,1-2H3. The first kappa shape index (κ1) is 13.7. The first-order valence-corrected chi connectivity index (χ1v) is 7.63. The van der Waals surface area contributed by atoms with E-state index < -0.39 is 0 Å². The Morgan fingerprint density at radius 3 is 2.45 bits per heavy atom. The zero-order valence-electron chi connectivity index (χ0n) is 12.4.